The van der Waals surface area contributed by atoms with E-state index in [0.29, 0.717) is 28.6 Å². The lowest BCUT2D eigenvalue weighted by molar-refractivity contribution is 0.414. The zero-order valence-electron chi connectivity index (χ0n) is 19.0. The number of hydrogen-bond acceptors (Lipinski definition) is 7. The van der Waals surface area contributed by atoms with Crippen molar-refractivity contribution in [2.24, 2.45) is 5.92 Å². The van der Waals surface area contributed by atoms with Crippen LogP contribution in [0.3, 0.4) is 0 Å². The fraction of sp³-hybridized carbons (Fsp3) is 0.423. The monoisotopic (exact) mass is 461 g/mol. The van der Waals surface area contributed by atoms with Crippen LogP contribution >= 0.6 is 11.3 Å². The standard InChI is InChI=1S/C26H27N3O3S/c1-15-6-9-18-21(12-15)33-25-22(18)24(29-10-4-3-5-11-29)27-23(28-25)19-13-16-7-8-17(31-2)14-20(16)32-26(19)30/h7-8,13-15H,3-6,9-12H2,1-2H3. The first-order chi connectivity index (χ1) is 16.1. The van der Waals surface area contributed by atoms with Gasteiger partial charge < -0.3 is 14.1 Å². The SMILES string of the molecule is COc1ccc2cc(-c3nc(N4CCCCC4)c4c5c(sc4n3)CC(C)CC5)c(=O)oc2c1. The Morgan fingerprint density at radius 1 is 1.15 bits per heavy atom. The number of thiophene rings is 1. The summed E-state index contributed by atoms with van der Waals surface area (Å²) in [5.41, 5.74) is 1.92. The number of ether oxygens (including phenoxy) is 1. The highest BCUT2D eigenvalue weighted by atomic mass is 32.1. The van der Waals surface area contributed by atoms with Gasteiger partial charge in [-0.1, -0.05) is 6.92 Å². The van der Waals surface area contributed by atoms with Gasteiger partial charge in [0.25, 0.3) is 0 Å². The number of fused-ring (bicyclic) bond motifs is 4. The maximum absolute atomic E-state index is 13.0. The largest absolute Gasteiger partial charge is 0.497 e. The third-order valence-corrected chi connectivity index (χ3v) is 8.12. The van der Waals surface area contributed by atoms with Gasteiger partial charge in [-0.2, -0.15) is 0 Å². The van der Waals surface area contributed by atoms with Crippen molar-refractivity contribution < 1.29 is 9.15 Å². The Bertz CT molecular complexity index is 1420. The summed E-state index contributed by atoms with van der Waals surface area (Å²) in [6.07, 6.45) is 6.99. The summed E-state index contributed by atoms with van der Waals surface area (Å²) in [5.74, 6) is 2.81. The number of nitrogens with zero attached hydrogens (tertiary/aromatic N) is 3. The minimum absolute atomic E-state index is 0.410. The van der Waals surface area contributed by atoms with Gasteiger partial charge in [0.05, 0.1) is 12.5 Å². The second-order valence-electron chi connectivity index (χ2n) is 9.30. The van der Waals surface area contributed by atoms with Crippen LogP contribution in [0.1, 0.15) is 43.0 Å². The molecule has 0 amide bonds. The number of aromatic nitrogens is 2. The van der Waals surface area contributed by atoms with Crippen molar-refractivity contribution in [3.05, 3.63) is 45.1 Å². The Labute approximate surface area is 196 Å². The molecule has 1 fully saturated rings. The minimum atomic E-state index is -0.422. The first-order valence-corrected chi connectivity index (χ1v) is 12.6. The Morgan fingerprint density at radius 2 is 2.00 bits per heavy atom. The Morgan fingerprint density at radius 3 is 2.82 bits per heavy atom. The summed E-state index contributed by atoms with van der Waals surface area (Å²) >= 11 is 1.78. The third kappa shape index (κ3) is 3.59. The topological polar surface area (TPSA) is 68.5 Å². The first-order valence-electron chi connectivity index (χ1n) is 11.8. The van der Waals surface area contributed by atoms with E-state index in [2.05, 4.69) is 11.8 Å². The van der Waals surface area contributed by atoms with Crippen molar-refractivity contribution in [1.29, 1.82) is 0 Å². The van der Waals surface area contributed by atoms with Gasteiger partial charge in [0.2, 0.25) is 0 Å². The van der Waals surface area contributed by atoms with Gasteiger partial charge in [0, 0.05) is 29.4 Å². The summed E-state index contributed by atoms with van der Waals surface area (Å²) < 4.78 is 10.9. The smallest absolute Gasteiger partial charge is 0.347 e. The second kappa shape index (κ2) is 8.13. The highest BCUT2D eigenvalue weighted by Crippen LogP contribution is 2.42. The molecule has 1 aromatic carbocycles. The molecule has 1 aliphatic carbocycles. The maximum atomic E-state index is 13.0. The molecule has 170 valence electrons. The molecule has 2 aliphatic rings. The van der Waals surface area contributed by atoms with Gasteiger partial charge in [-0.05, 0) is 68.2 Å². The number of hydrogen-bond donors (Lipinski definition) is 0. The van der Waals surface area contributed by atoms with Crippen molar-refractivity contribution in [1.82, 2.24) is 9.97 Å². The molecule has 4 aromatic rings. The van der Waals surface area contributed by atoms with E-state index in [-0.39, 0.29) is 0 Å². The molecule has 4 heterocycles. The van der Waals surface area contributed by atoms with Gasteiger partial charge in [-0.15, -0.1) is 11.3 Å². The van der Waals surface area contributed by atoms with Gasteiger partial charge in [0.1, 0.15) is 27.5 Å². The molecule has 1 unspecified atom stereocenters. The van der Waals surface area contributed by atoms with E-state index in [1.165, 1.54) is 41.5 Å². The fourth-order valence-electron chi connectivity index (χ4n) is 5.15. The van der Waals surface area contributed by atoms with Crippen molar-refractivity contribution in [2.75, 3.05) is 25.1 Å². The fourth-order valence-corrected chi connectivity index (χ4v) is 6.53. The van der Waals surface area contributed by atoms with Crippen LogP contribution in [0.2, 0.25) is 0 Å². The molecule has 6 rings (SSSR count). The van der Waals surface area contributed by atoms with Crippen LogP contribution in [0.25, 0.3) is 32.6 Å². The summed E-state index contributed by atoms with van der Waals surface area (Å²) in [6.45, 7) is 4.32. The second-order valence-corrected chi connectivity index (χ2v) is 10.4. The molecular formula is C26H27N3O3S. The predicted octanol–water partition coefficient (Wildman–Crippen LogP) is 5.59. The number of piperidine rings is 1. The van der Waals surface area contributed by atoms with E-state index in [0.717, 1.165) is 42.0 Å². The zero-order valence-corrected chi connectivity index (χ0v) is 19.8. The molecule has 0 radical (unpaired) electrons. The Balaban J connectivity index is 1.56. The van der Waals surface area contributed by atoms with Crippen LogP contribution in [-0.2, 0) is 12.8 Å². The number of anilines is 1. The number of aryl methyl sites for hydroxylation is 1. The normalized spacial score (nSPS) is 18.6. The summed E-state index contributed by atoms with van der Waals surface area (Å²) in [6, 6.07) is 7.34. The lowest BCUT2D eigenvalue weighted by Crippen LogP contribution is -2.30. The van der Waals surface area contributed by atoms with Crippen LogP contribution in [0.15, 0.2) is 33.5 Å². The van der Waals surface area contributed by atoms with Crippen molar-refractivity contribution in [2.45, 2.75) is 45.4 Å². The number of benzene rings is 1. The highest BCUT2D eigenvalue weighted by molar-refractivity contribution is 7.19. The summed E-state index contributed by atoms with van der Waals surface area (Å²) in [7, 11) is 1.60. The van der Waals surface area contributed by atoms with Crippen LogP contribution in [-0.4, -0.2) is 30.2 Å². The molecule has 6 nitrogen and oxygen atoms in total. The van der Waals surface area contributed by atoms with Gasteiger partial charge in [-0.25, -0.2) is 14.8 Å². The maximum Gasteiger partial charge on any atom is 0.347 e. The van der Waals surface area contributed by atoms with E-state index >= 15 is 0 Å². The van der Waals surface area contributed by atoms with E-state index < -0.39 is 5.63 Å². The van der Waals surface area contributed by atoms with Crippen molar-refractivity contribution in [3.8, 4) is 17.1 Å². The minimum Gasteiger partial charge on any atom is -0.497 e. The molecule has 0 spiro atoms. The highest BCUT2D eigenvalue weighted by Gasteiger charge is 2.27. The molecule has 0 bridgehead atoms. The zero-order chi connectivity index (χ0) is 22.5. The van der Waals surface area contributed by atoms with E-state index in [9.17, 15) is 4.79 Å². The average Bonchev–Trinajstić information content (AvgIpc) is 3.20. The molecule has 1 saturated heterocycles. The van der Waals surface area contributed by atoms with Crippen LogP contribution in [0.5, 0.6) is 5.75 Å². The predicted molar refractivity (Wildman–Crippen MR) is 133 cm³/mol. The van der Waals surface area contributed by atoms with Crippen LogP contribution < -0.4 is 15.3 Å². The number of rotatable bonds is 3. The quantitative estimate of drug-likeness (QED) is 0.371. The van der Waals surface area contributed by atoms with Gasteiger partial charge >= 0.3 is 5.63 Å². The molecule has 1 aliphatic heterocycles. The Hall–Kier alpha value is -2.93. The molecule has 0 saturated carbocycles. The lowest BCUT2D eigenvalue weighted by Gasteiger charge is -2.29. The number of methoxy groups -OCH3 is 1. The molecule has 7 heteroatoms. The molecule has 1 atom stereocenters. The van der Waals surface area contributed by atoms with Crippen molar-refractivity contribution in [3.63, 3.8) is 0 Å². The van der Waals surface area contributed by atoms with Crippen molar-refractivity contribution >= 4 is 38.3 Å². The van der Waals surface area contributed by atoms with E-state index in [1.54, 1.807) is 24.5 Å². The van der Waals surface area contributed by atoms with E-state index in [1.807, 2.05) is 18.2 Å². The summed E-state index contributed by atoms with van der Waals surface area (Å²) in [4.78, 5) is 27.8. The molecular weight excluding hydrogens is 434 g/mol. The lowest BCUT2D eigenvalue weighted by atomic mass is 9.89. The van der Waals surface area contributed by atoms with Crippen LogP contribution in [0.4, 0.5) is 5.82 Å². The van der Waals surface area contributed by atoms with Gasteiger partial charge in [-0.3, -0.25) is 0 Å². The van der Waals surface area contributed by atoms with Crippen LogP contribution in [0, 0.1) is 5.92 Å². The van der Waals surface area contributed by atoms with E-state index in [4.69, 9.17) is 19.1 Å². The Kier molecular flexibility index (Phi) is 5.09. The first kappa shape index (κ1) is 20.7. The third-order valence-electron chi connectivity index (χ3n) is 6.98. The average molecular weight is 462 g/mol. The summed E-state index contributed by atoms with van der Waals surface area (Å²) in [5, 5.41) is 2.04. The molecule has 33 heavy (non-hydrogen) atoms. The van der Waals surface area contributed by atoms with Gasteiger partial charge in [0.15, 0.2) is 5.82 Å². The molecule has 0 N–H and O–H groups in total. The molecule has 3 aromatic heterocycles.